The lowest BCUT2D eigenvalue weighted by Gasteiger charge is -2.02. The maximum absolute atomic E-state index is 13.3. The number of hydrogen-bond acceptors (Lipinski definition) is 4. The van der Waals surface area contributed by atoms with E-state index in [2.05, 4.69) is 15.5 Å². The van der Waals surface area contributed by atoms with Gasteiger partial charge < -0.3 is 9.73 Å². The first-order chi connectivity index (χ1) is 8.06. The number of nitrogens with one attached hydrogen (secondary N) is 1. The van der Waals surface area contributed by atoms with E-state index in [0.29, 0.717) is 17.1 Å². The highest BCUT2D eigenvalue weighted by atomic mass is 35.5. The van der Waals surface area contributed by atoms with Crippen molar-refractivity contribution >= 4 is 23.3 Å². The zero-order chi connectivity index (χ0) is 12.4. The van der Waals surface area contributed by atoms with Crippen molar-refractivity contribution in [1.82, 2.24) is 10.2 Å². The molecule has 2 rings (SSSR count). The van der Waals surface area contributed by atoms with Crippen LogP contribution in [0, 0.1) is 12.7 Å². The first-order valence-electron chi connectivity index (χ1n) is 5.07. The largest absolute Gasteiger partial charge is 0.406 e. The van der Waals surface area contributed by atoms with Gasteiger partial charge in [0.1, 0.15) is 11.2 Å². The molecule has 0 fully saturated rings. The average molecular weight is 256 g/mol. The van der Waals surface area contributed by atoms with Crippen molar-refractivity contribution in [1.29, 1.82) is 0 Å². The van der Waals surface area contributed by atoms with Crippen LogP contribution in [0.4, 0.5) is 16.1 Å². The van der Waals surface area contributed by atoms with Gasteiger partial charge in [-0.15, -0.1) is 16.7 Å². The summed E-state index contributed by atoms with van der Waals surface area (Å²) in [6, 6.07) is 4.95. The first-order valence-corrected chi connectivity index (χ1v) is 5.50. The van der Waals surface area contributed by atoms with Gasteiger partial charge in [-0.1, -0.05) is 11.2 Å². The number of nitrogens with zero attached hydrogens (tertiary/aromatic N) is 2. The van der Waals surface area contributed by atoms with Crippen molar-refractivity contribution in [2.75, 3.05) is 5.32 Å². The molecule has 0 spiro atoms. The van der Waals surface area contributed by atoms with E-state index in [9.17, 15) is 4.39 Å². The minimum absolute atomic E-state index is 0.191. The number of hydrogen-bond donors (Lipinski definition) is 1. The third kappa shape index (κ3) is 2.74. The molecule has 0 saturated heterocycles. The van der Waals surface area contributed by atoms with Gasteiger partial charge in [0.05, 0.1) is 0 Å². The molecule has 6 heteroatoms. The predicted octanol–water partition coefficient (Wildman–Crippen LogP) is 3.56. The lowest BCUT2D eigenvalue weighted by atomic mass is 10.2. The maximum atomic E-state index is 13.3. The van der Waals surface area contributed by atoms with Crippen LogP contribution in [0.25, 0.3) is 0 Å². The number of aromatic nitrogens is 2. The minimum Gasteiger partial charge on any atom is -0.406 e. The van der Waals surface area contributed by atoms with Gasteiger partial charge in [0.2, 0.25) is 5.89 Å². The van der Waals surface area contributed by atoms with Crippen molar-refractivity contribution < 1.29 is 8.81 Å². The number of benzene rings is 1. The molecule has 1 unspecified atom stereocenters. The van der Waals surface area contributed by atoms with Gasteiger partial charge in [-0.2, -0.15) is 0 Å². The van der Waals surface area contributed by atoms with E-state index >= 15 is 0 Å². The Kier molecular flexibility index (Phi) is 3.28. The molecule has 2 aromatic rings. The van der Waals surface area contributed by atoms with Crippen LogP contribution in [-0.2, 0) is 0 Å². The fourth-order valence-electron chi connectivity index (χ4n) is 1.24. The van der Waals surface area contributed by atoms with Crippen molar-refractivity contribution in [3.8, 4) is 0 Å². The summed E-state index contributed by atoms with van der Waals surface area (Å²) in [5, 5.41) is 9.95. The van der Waals surface area contributed by atoms with E-state index in [4.69, 9.17) is 16.0 Å². The summed E-state index contributed by atoms with van der Waals surface area (Å²) in [4.78, 5) is 0. The van der Waals surface area contributed by atoms with Crippen molar-refractivity contribution in [3.05, 3.63) is 35.5 Å². The van der Waals surface area contributed by atoms with Gasteiger partial charge in [0.25, 0.3) is 0 Å². The predicted molar refractivity (Wildman–Crippen MR) is 63.0 cm³/mol. The van der Waals surface area contributed by atoms with Gasteiger partial charge in [-0.3, -0.25) is 0 Å². The van der Waals surface area contributed by atoms with Crippen molar-refractivity contribution in [2.24, 2.45) is 0 Å². The number of rotatable bonds is 3. The summed E-state index contributed by atoms with van der Waals surface area (Å²) in [5.41, 5.74) is 1.13. The zero-order valence-electron chi connectivity index (χ0n) is 9.37. The molecule has 0 aliphatic heterocycles. The van der Waals surface area contributed by atoms with Crippen LogP contribution in [0.5, 0.6) is 0 Å². The first kappa shape index (κ1) is 11.9. The van der Waals surface area contributed by atoms with E-state index in [0.717, 1.165) is 0 Å². The van der Waals surface area contributed by atoms with Crippen LogP contribution >= 0.6 is 11.6 Å². The molecule has 0 bridgehead atoms. The molecule has 1 aromatic heterocycles. The molecule has 0 aliphatic rings. The molecule has 4 nitrogen and oxygen atoms in total. The molecule has 0 radical (unpaired) electrons. The topological polar surface area (TPSA) is 51.0 Å². The Balaban J connectivity index is 2.16. The monoisotopic (exact) mass is 255 g/mol. The molecular formula is C11H11ClFN3O. The lowest BCUT2D eigenvalue weighted by Crippen LogP contribution is -1.92. The normalized spacial score (nSPS) is 12.5. The molecule has 1 heterocycles. The Morgan fingerprint density at radius 3 is 2.76 bits per heavy atom. The maximum Gasteiger partial charge on any atom is 0.320 e. The van der Waals surface area contributed by atoms with E-state index in [1.54, 1.807) is 26.0 Å². The molecule has 90 valence electrons. The van der Waals surface area contributed by atoms with Crippen molar-refractivity contribution in [2.45, 2.75) is 19.2 Å². The minimum atomic E-state index is -0.354. The van der Waals surface area contributed by atoms with Crippen LogP contribution < -0.4 is 5.32 Å². The van der Waals surface area contributed by atoms with E-state index in [1.165, 1.54) is 6.07 Å². The molecule has 0 amide bonds. The standard InChI is InChI=1S/C11H11ClFN3O/c1-6-3-4-8(5-9(6)13)14-11-16-15-10(17-11)7(2)12/h3-5,7H,1-2H3,(H,14,16). The van der Waals surface area contributed by atoms with Gasteiger partial charge in [-0.25, -0.2) is 4.39 Å². The highest BCUT2D eigenvalue weighted by molar-refractivity contribution is 6.20. The average Bonchev–Trinajstić information content (AvgIpc) is 2.72. The number of alkyl halides is 1. The highest BCUT2D eigenvalue weighted by Crippen LogP contribution is 2.22. The molecule has 0 saturated carbocycles. The second-order valence-electron chi connectivity index (χ2n) is 3.65. The summed E-state index contributed by atoms with van der Waals surface area (Å²) in [7, 11) is 0. The van der Waals surface area contributed by atoms with E-state index in [1.807, 2.05) is 0 Å². The lowest BCUT2D eigenvalue weighted by molar-refractivity contribution is 0.510. The van der Waals surface area contributed by atoms with Crippen molar-refractivity contribution in [3.63, 3.8) is 0 Å². The zero-order valence-corrected chi connectivity index (χ0v) is 10.1. The number of anilines is 2. The second-order valence-corrected chi connectivity index (χ2v) is 4.31. The Bertz CT molecular complexity index is 527. The summed E-state index contributed by atoms with van der Waals surface area (Å²) in [6.45, 7) is 3.42. The fourth-order valence-corrected chi connectivity index (χ4v) is 1.33. The van der Waals surface area contributed by atoms with Gasteiger partial charge >= 0.3 is 6.01 Å². The summed E-state index contributed by atoms with van der Waals surface area (Å²) in [6.07, 6.45) is 0. The summed E-state index contributed by atoms with van der Waals surface area (Å²) < 4.78 is 18.5. The van der Waals surface area contributed by atoms with Gasteiger partial charge in [0, 0.05) is 5.69 Å². The van der Waals surface area contributed by atoms with E-state index in [-0.39, 0.29) is 17.2 Å². The van der Waals surface area contributed by atoms with Gasteiger partial charge in [-0.05, 0) is 31.5 Å². The number of halogens is 2. The van der Waals surface area contributed by atoms with Gasteiger partial charge in [0.15, 0.2) is 0 Å². The molecule has 1 atom stereocenters. The van der Waals surface area contributed by atoms with E-state index < -0.39 is 0 Å². The Hall–Kier alpha value is -1.62. The summed E-state index contributed by atoms with van der Waals surface area (Å²) in [5.74, 6) is 0.0298. The number of aryl methyl sites for hydroxylation is 1. The SMILES string of the molecule is Cc1ccc(Nc2nnc(C(C)Cl)o2)cc1F. The highest BCUT2D eigenvalue weighted by Gasteiger charge is 2.11. The Morgan fingerprint density at radius 1 is 1.41 bits per heavy atom. The third-order valence-corrected chi connectivity index (χ3v) is 2.39. The molecule has 1 N–H and O–H groups in total. The summed E-state index contributed by atoms with van der Waals surface area (Å²) >= 11 is 5.78. The van der Waals surface area contributed by atoms with Crippen LogP contribution in [-0.4, -0.2) is 10.2 Å². The Morgan fingerprint density at radius 2 is 2.18 bits per heavy atom. The van der Waals surface area contributed by atoms with Crippen LogP contribution in [0.1, 0.15) is 23.8 Å². The smallest absolute Gasteiger partial charge is 0.320 e. The molecular weight excluding hydrogens is 245 g/mol. The molecule has 17 heavy (non-hydrogen) atoms. The quantitative estimate of drug-likeness (QED) is 0.852. The van der Waals surface area contributed by atoms with Crippen LogP contribution in [0.2, 0.25) is 0 Å². The molecule has 0 aliphatic carbocycles. The van der Waals surface area contributed by atoms with Crippen LogP contribution in [0.15, 0.2) is 22.6 Å². The fraction of sp³-hybridized carbons (Fsp3) is 0.273. The molecule has 1 aromatic carbocycles. The second kappa shape index (κ2) is 4.71. The Labute approximate surface area is 103 Å². The van der Waals surface area contributed by atoms with Crippen LogP contribution in [0.3, 0.4) is 0 Å². The third-order valence-electron chi connectivity index (χ3n) is 2.20.